The lowest BCUT2D eigenvalue weighted by Gasteiger charge is -2.14. The Bertz CT molecular complexity index is 991. The molecule has 4 rings (SSSR count). The maximum Gasteiger partial charge on any atom is 0.316 e. The van der Waals surface area contributed by atoms with Crippen LogP contribution in [0.15, 0.2) is 48.7 Å². The molecular formula is C20H17NO5. The standard InChI is InChI=1S/C20H17NO5/c1-24-20(23)15(9-12-2-4-16-13(8-12)6-7-21-16)19(22)14-3-5-17-18(10-14)26-11-25-17/h2-8,10,15,21H,9,11H2,1H3. The highest BCUT2D eigenvalue weighted by atomic mass is 16.7. The van der Waals surface area contributed by atoms with Gasteiger partial charge in [0, 0.05) is 17.3 Å². The van der Waals surface area contributed by atoms with Gasteiger partial charge in [-0.3, -0.25) is 9.59 Å². The van der Waals surface area contributed by atoms with E-state index in [1.165, 1.54) is 7.11 Å². The van der Waals surface area contributed by atoms with Crippen LogP contribution in [0, 0.1) is 5.92 Å². The van der Waals surface area contributed by atoms with Gasteiger partial charge in [0.25, 0.3) is 0 Å². The summed E-state index contributed by atoms with van der Waals surface area (Å²) in [5, 5.41) is 1.03. The Morgan fingerprint density at radius 3 is 2.81 bits per heavy atom. The maximum absolute atomic E-state index is 13.0. The number of fused-ring (bicyclic) bond motifs is 2. The quantitative estimate of drug-likeness (QED) is 0.434. The normalized spacial score (nSPS) is 13.6. The smallest absolute Gasteiger partial charge is 0.316 e. The summed E-state index contributed by atoms with van der Waals surface area (Å²) in [5.74, 6) is -0.676. The van der Waals surface area contributed by atoms with E-state index < -0.39 is 11.9 Å². The van der Waals surface area contributed by atoms with Crippen molar-refractivity contribution < 1.29 is 23.8 Å². The van der Waals surface area contributed by atoms with Crippen molar-refractivity contribution >= 4 is 22.7 Å². The summed E-state index contributed by atoms with van der Waals surface area (Å²) in [6.07, 6.45) is 2.12. The number of aromatic nitrogens is 1. The molecule has 2 aromatic carbocycles. The third-order valence-corrected chi connectivity index (χ3v) is 4.52. The molecule has 132 valence electrons. The number of esters is 1. The second-order valence-corrected chi connectivity index (χ2v) is 6.11. The van der Waals surface area contributed by atoms with E-state index in [9.17, 15) is 9.59 Å². The number of hydrogen-bond acceptors (Lipinski definition) is 5. The molecule has 0 saturated carbocycles. The number of hydrogen-bond donors (Lipinski definition) is 1. The highest BCUT2D eigenvalue weighted by molar-refractivity contribution is 6.09. The molecule has 1 aliphatic heterocycles. The van der Waals surface area contributed by atoms with Gasteiger partial charge in [-0.2, -0.15) is 0 Å². The Kier molecular flexibility index (Phi) is 4.08. The van der Waals surface area contributed by atoms with Crippen LogP contribution in [0.25, 0.3) is 10.9 Å². The number of H-pyrrole nitrogens is 1. The minimum atomic E-state index is -0.920. The van der Waals surface area contributed by atoms with Gasteiger partial charge in [-0.15, -0.1) is 0 Å². The summed E-state index contributed by atoms with van der Waals surface area (Å²) in [6, 6.07) is 12.7. The topological polar surface area (TPSA) is 77.6 Å². The number of Topliss-reactive ketones (excluding diaryl/α,β-unsaturated/α-hetero) is 1. The van der Waals surface area contributed by atoms with E-state index in [1.807, 2.05) is 30.5 Å². The van der Waals surface area contributed by atoms with Gasteiger partial charge in [0.1, 0.15) is 5.92 Å². The zero-order valence-corrected chi connectivity index (χ0v) is 14.2. The second kappa shape index (κ2) is 6.55. The average molecular weight is 351 g/mol. The van der Waals surface area contributed by atoms with Crippen molar-refractivity contribution in [2.75, 3.05) is 13.9 Å². The summed E-state index contributed by atoms with van der Waals surface area (Å²) < 4.78 is 15.5. The van der Waals surface area contributed by atoms with Crippen molar-refractivity contribution in [3.05, 3.63) is 59.8 Å². The molecule has 1 aliphatic rings. The van der Waals surface area contributed by atoms with Crippen molar-refractivity contribution in [2.24, 2.45) is 5.92 Å². The second-order valence-electron chi connectivity index (χ2n) is 6.11. The van der Waals surface area contributed by atoms with Crippen LogP contribution < -0.4 is 9.47 Å². The van der Waals surface area contributed by atoms with E-state index in [0.717, 1.165) is 16.5 Å². The molecule has 1 atom stereocenters. The van der Waals surface area contributed by atoms with Gasteiger partial charge in [0.2, 0.25) is 6.79 Å². The van der Waals surface area contributed by atoms with E-state index in [2.05, 4.69) is 4.98 Å². The first-order valence-corrected chi connectivity index (χ1v) is 8.23. The number of carbonyl (C=O) groups is 2. The SMILES string of the molecule is COC(=O)C(Cc1ccc2[nH]ccc2c1)C(=O)c1ccc2c(c1)OCO2. The van der Waals surface area contributed by atoms with Gasteiger partial charge in [-0.05, 0) is 53.8 Å². The molecule has 0 saturated heterocycles. The lowest BCUT2D eigenvalue weighted by Crippen LogP contribution is -2.27. The molecule has 0 aliphatic carbocycles. The van der Waals surface area contributed by atoms with E-state index in [1.54, 1.807) is 18.2 Å². The molecule has 2 heterocycles. The van der Waals surface area contributed by atoms with Crippen molar-refractivity contribution in [3.8, 4) is 11.5 Å². The number of ether oxygens (including phenoxy) is 3. The zero-order valence-electron chi connectivity index (χ0n) is 14.2. The molecule has 26 heavy (non-hydrogen) atoms. The van der Waals surface area contributed by atoms with Crippen LogP contribution >= 0.6 is 0 Å². The highest BCUT2D eigenvalue weighted by Gasteiger charge is 2.30. The van der Waals surface area contributed by atoms with Crippen LogP contribution in [-0.4, -0.2) is 30.6 Å². The molecule has 1 unspecified atom stereocenters. The van der Waals surface area contributed by atoms with Gasteiger partial charge < -0.3 is 19.2 Å². The largest absolute Gasteiger partial charge is 0.468 e. The van der Waals surface area contributed by atoms with E-state index in [-0.39, 0.29) is 19.0 Å². The molecule has 0 fully saturated rings. The number of ketones is 1. The number of methoxy groups -OCH3 is 1. The zero-order chi connectivity index (χ0) is 18.1. The molecule has 6 heteroatoms. The molecule has 0 spiro atoms. The highest BCUT2D eigenvalue weighted by Crippen LogP contribution is 2.33. The first kappa shape index (κ1) is 16.2. The monoisotopic (exact) mass is 351 g/mol. The fourth-order valence-corrected chi connectivity index (χ4v) is 3.14. The van der Waals surface area contributed by atoms with Crippen LogP contribution in [-0.2, 0) is 16.0 Å². The third kappa shape index (κ3) is 2.90. The number of benzene rings is 2. The van der Waals surface area contributed by atoms with Crippen LogP contribution in [0.5, 0.6) is 11.5 Å². The van der Waals surface area contributed by atoms with Gasteiger partial charge in [-0.25, -0.2) is 0 Å². The maximum atomic E-state index is 13.0. The predicted octanol–water partition coefficient (Wildman–Crippen LogP) is 3.11. The van der Waals surface area contributed by atoms with Gasteiger partial charge in [0.15, 0.2) is 17.3 Å². The average Bonchev–Trinajstić information content (AvgIpc) is 3.32. The number of carbonyl (C=O) groups excluding carboxylic acids is 2. The van der Waals surface area contributed by atoms with E-state index in [0.29, 0.717) is 17.1 Å². The molecule has 1 N–H and O–H groups in total. The third-order valence-electron chi connectivity index (χ3n) is 4.52. The molecule has 6 nitrogen and oxygen atoms in total. The summed E-state index contributed by atoms with van der Waals surface area (Å²) in [6.45, 7) is 0.129. The van der Waals surface area contributed by atoms with Crippen LogP contribution in [0.3, 0.4) is 0 Å². The van der Waals surface area contributed by atoms with Gasteiger partial charge in [-0.1, -0.05) is 6.07 Å². The molecule has 0 bridgehead atoms. The van der Waals surface area contributed by atoms with Crippen molar-refractivity contribution in [1.82, 2.24) is 4.98 Å². The fraction of sp³-hybridized carbons (Fsp3) is 0.200. The first-order chi connectivity index (χ1) is 12.7. The van der Waals surface area contributed by atoms with Crippen molar-refractivity contribution in [2.45, 2.75) is 6.42 Å². The van der Waals surface area contributed by atoms with Gasteiger partial charge >= 0.3 is 5.97 Å². The lowest BCUT2D eigenvalue weighted by atomic mass is 9.90. The van der Waals surface area contributed by atoms with Crippen LogP contribution in [0.4, 0.5) is 0 Å². The molecule has 0 amide bonds. The minimum Gasteiger partial charge on any atom is -0.468 e. The van der Waals surface area contributed by atoms with Gasteiger partial charge in [0.05, 0.1) is 7.11 Å². The Hall–Kier alpha value is -3.28. The summed E-state index contributed by atoms with van der Waals surface area (Å²) >= 11 is 0. The van der Waals surface area contributed by atoms with Crippen LogP contribution in [0.2, 0.25) is 0 Å². The summed E-state index contributed by atoms with van der Waals surface area (Å²) in [5.41, 5.74) is 2.29. The number of nitrogens with one attached hydrogen (secondary N) is 1. The Morgan fingerprint density at radius 1 is 1.12 bits per heavy atom. The molecule has 0 radical (unpaired) electrons. The van der Waals surface area contributed by atoms with Crippen molar-refractivity contribution in [3.63, 3.8) is 0 Å². The van der Waals surface area contributed by atoms with E-state index >= 15 is 0 Å². The Balaban J connectivity index is 1.63. The predicted molar refractivity (Wildman–Crippen MR) is 94.4 cm³/mol. The first-order valence-electron chi connectivity index (χ1n) is 8.23. The lowest BCUT2D eigenvalue weighted by molar-refractivity contribution is -0.143. The number of rotatable bonds is 5. The number of aromatic amines is 1. The Morgan fingerprint density at radius 2 is 1.96 bits per heavy atom. The Labute approximate surface area is 149 Å². The van der Waals surface area contributed by atoms with E-state index in [4.69, 9.17) is 14.2 Å². The summed E-state index contributed by atoms with van der Waals surface area (Å²) in [4.78, 5) is 28.4. The fourth-order valence-electron chi connectivity index (χ4n) is 3.14. The minimum absolute atomic E-state index is 0.129. The molecular weight excluding hydrogens is 334 g/mol. The van der Waals surface area contributed by atoms with Crippen molar-refractivity contribution in [1.29, 1.82) is 0 Å². The molecule has 3 aromatic rings. The van der Waals surface area contributed by atoms with Crippen LogP contribution in [0.1, 0.15) is 15.9 Å². The molecule has 1 aromatic heterocycles. The summed E-state index contributed by atoms with van der Waals surface area (Å²) in [7, 11) is 1.29.